The quantitative estimate of drug-likeness (QED) is 0.857. The van der Waals surface area contributed by atoms with Gasteiger partial charge in [0, 0.05) is 19.1 Å². The van der Waals surface area contributed by atoms with Gasteiger partial charge in [-0.2, -0.15) is 0 Å². The van der Waals surface area contributed by atoms with E-state index in [4.69, 9.17) is 10.5 Å². The molecule has 24 heavy (non-hydrogen) atoms. The highest BCUT2D eigenvalue weighted by Crippen LogP contribution is 2.34. The van der Waals surface area contributed by atoms with Crippen LogP contribution in [0.2, 0.25) is 0 Å². The van der Waals surface area contributed by atoms with Crippen molar-refractivity contribution in [1.82, 2.24) is 5.32 Å². The Morgan fingerprint density at radius 2 is 1.92 bits per heavy atom. The number of primary amides is 1. The zero-order chi connectivity index (χ0) is 16.9. The summed E-state index contributed by atoms with van der Waals surface area (Å²) in [6.07, 6.45) is 0.932. The van der Waals surface area contributed by atoms with Crippen LogP contribution >= 0.6 is 0 Å². The van der Waals surface area contributed by atoms with E-state index in [0.717, 1.165) is 12.0 Å². The molecule has 0 saturated carbocycles. The Bertz CT molecular complexity index is 676. The van der Waals surface area contributed by atoms with Crippen molar-refractivity contribution in [3.8, 4) is 0 Å². The van der Waals surface area contributed by atoms with Crippen LogP contribution in [0.4, 0.5) is 4.39 Å². The summed E-state index contributed by atoms with van der Waals surface area (Å²) in [7, 11) is 0. The van der Waals surface area contributed by atoms with Gasteiger partial charge in [-0.15, -0.1) is 0 Å². The van der Waals surface area contributed by atoms with Gasteiger partial charge in [0.25, 0.3) is 0 Å². The first-order chi connectivity index (χ1) is 11.6. The first-order valence-corrected chi connectivity index (χ1v) is 8.10. The van der Waals surface area contributed by atoms with E-state index in [0.29, 0.717) is 18.7 Å². The van der Waals surface area contributed by atoms with E-state index in [1.807, 2.05) is 18.2 Å². The molecule has 0 radical (unpaired) electrons. The van der Waals surface area contributed by atoms with Crippen molar-refractivity contribution >= 4 is 5.91 Å². The van der Waals surface area contributed by atoms with Crippen LogP contribution in [0.5, 0.6) is 0 Å². The number of carbonyl (C=O) groups is 1. The summed E-state index contributed by atoms with van der Waals surface area (Å²) in [6.45, 7) is 1.30. The zero-order valence-corrected chi connectivity index (χ0v) is 13.3. The predicted octanol–water partition coefficient (Wildman–Crippen LogP) is 2.72. The van der Waals surface area contributed by atoms with Gasteiger partial charge in [0.15, 0.2) is 0 Å². The second-order valence-electron chi connectivity index (χ2n) is 6.05. The third kappa shape index (κ3) is 3.80. The summed E-state index contributed by atoms with van der Waals surface area (Å²) in [5, 5.41) is 3.22. The van der Waals surface area contributed by atoms with Crippen LogP contribution in [0.25, 0.3) is 0 Å². The Kier molecular flexibility index (Phi) is 5.23. The van der Waals surface area contributed by atoms with Crippen LogP contribution < -0.4 is 11.1 Å². The van der Waals surface area contributed by atoms with Gasteiger partial charge in [-0.3, -0.25) is 4.79 Å². The van der Waals surface area contributed by atoms with E-state index in [1.165, 1.54) is 12.1 Å². The predicted molar refractivity (Wildman–Crippen MR) is 89.6 cm³/mol. The van der Waals surface area contributed by atoms with Crippen LogP contribution in [-0.2, 0) is 9.53 Å². The molecule has 2 aromatic carbocycles. The number of hydrogen-bond acceptors (Lipinski definition) is 3. The van der Waals surface area contributed by atoms with Crippen molar-refractivity contribution in [1.29, 1.82) is 0 Å². The third-order valence-electron chi connectivity index (χ3n) is 4.41. The molecule has 2 aromatic rings. The summed E-state index contributed by atoms with van der Waals surface area (Å²) in [5.74, 6) is -0.554. The van der Waals surface area contributed by atoms with E-state index in [1.54, 1.807) is 12.1 Å². The molecule has 1 amide bonds. The van der Waals surface area contributed by atoms with Crippen LogP contribution in [0.3, 0.4) is 0 Å². The van der Waals surface area contributed by atoms with Crippen molar-refractivity contribution in [2.75, 3.05) is 13.2 Å². The molecule has 3 rings (SSSR count). The molecule has 1 aliphatic rings. The molecule has 1 unspecified atom stereocenters. The van der Waals surface area contributed by atoms with Crippen LogP contribution in [0, 0.1) is 11.7 Å². The highest BCUT2D eigenvalue weighted by atomic mass is 19.1. The number of ether oxygens (including phenoxy) is 1. The molecular weight excluding hydrogens is 307 g/mol. The number of carbonyl (C=O) groups excluding carboxylic acids is 1. The van der Waals surface area contributed by atoms with E-state index in [-0.39, 0.29) is 17.8 Å². The Labute approximate surface area is 140 Å². The van der Waals surface area contributed by atoms with E-state index in [9.17, 15) is 9.18 Å². The number of rotatable bonds is 6. The molecule has 5 heteroatoms. The van der Waals surface area contributed by atoms with Crippen molar-refractivity contribution in [2.45, 2.75) is 18.6 Å². The smallest absolute Gasteiger partial charge is 0.239 e. The molecule has 1 fully saturated rings. The Morgan fingerprint density at radius 3 is 2.58 bits per heavy atom. The topological polar surface area (TPSA) is 64.4 Å². The molecule has 1 aliphatic heterocycles. The van der Waals surface area contributed by atoms with Gasteiger partial charge in [-0.25, -0.2) is 4.39 Å². The summed E-state index contributed by atoms with van der Waals surface area (Å²) < 4.78 is 18.9. The molecule has 0 aromatic heterocycles. The number of nitrogens with two attached hydrogens (primary N) is 1. The average molecular weight is 328 g/mol. The van der Waals surface area contributed by atoms with Gasteiger partial charge in [0.1, 0.15) is 11.9 Å². The molecule has 1 heterocycles. The highest BCUT2D eigenvalue weighted by Gasteiger charge is 2.30. The van der Waals surface area contributed by atoms with Gasteiger partial charge < -0.3 is 15.8 Å². The lowest BCUT2D eigenvalue weighted by Gasteiger charge is -2.22. The minimum absolute atomic E-state index is 0.0143. The molecule has 0 spiro atoms. The second-order valence-corrected chi connectivity index (χ2v) is 6.05. The monoisotopic (exact) mass is 328 g/mol. The fourth-order valence-corrected chi connectivity index (χ4v) is 3.16. The van der Waals surface area contributed by atoms with E-state index in [2.05, 4.69) is 17.4 Å². The minimum Gasteiger partial charge on any atom is -0.373 e. The normalized spacial score (nSPS) is 21.5. The summed E-state index contributed by atoms with van der Waals surface area (Å²) in [6, 6.07) is 15.2. The molecule has 4 nitrogen and oxygen atoms in total. The molecule has 3 N–H and O–H groups in total. The Balaban J connectivity index is 1.68. The van der Waals surface area contributed by atoms with Crippen LogP contribution in [0.1, 0.15) is 29.7 Å². The van der Waals surface area contributed by atoms with E-state index < -0.39 is 11.9 Å². The molecule has 0 aliphatic carbocycles. The summed E-state index contributed by atoms with van der Waals surface area (Å²) in [4.78, 5) is 11.8. The molecule has 0 bridgehead atoms. The zero-order valence-electron chi connectivity index (χ0n) is 13.3. The molecule has 1 saturated heterocycles. The van der Waals surface area contributed by atoms with Crippen LogP contribution in [0.15, 0.2) is 54.6 Å². The number of halogens is 1. The number of nitrogens with one attached hydrogen (secondary N) is 1. The minimum atomic E-state index is -0.636. The highest BCUT2D eigenvalue weighted by molar-refractivity contribution is 5.81. The van der Waals surface area contributed by atoms with Crippen molar-refractivity contribution in [2.24, 2.45) is 11.7 Å². The average Bonchev–Trinajstić information content (AvgIpc) is 3.06. The third-order valence-corrected chi connectivity index (χ3v) is 4.41. The second kappa shape index (κ2) is 7.55. The van der Waals surface area contributed by atoms with Gasteiger partial charge in [-0.05, 0) is 29.7 Å². The maximum atomic E-state index is 13.1. The standard InChI is InChI=1S/C19H21FN2O2/c20-16-8-6-13(7-9-16)17(19(21)23)22-12-15-10-11-24-18(15)14-4-2-1-3-5-14/h1-9,15,17-18,22H,10-12H2,(H2,21,23)/t15-,17?,18-/m1/s1. The lowest BCUT2D eigenvalue weighted by atomic mass is 9.94. The lowest BCUT2D eigenvalue weighted by Crippen LogP contribution is -2.37. The number of amides is 1. The molecular formula is C19H21FN2O2. The maximum Gasteiger partial charge on any atom is 0.239 e. The molecule has 126 valence electrons. The summed E-state index contributed by atoms with van der Waals surface area (Å²) >= 11 is 0. The summed E-state index contributed by atoms with van der Waals surface area (Å²) in [5.41, 5.74) is 7.31. The van der Waals surface area contributed by atoms with Crippen LogP contribution in [-0.4, -0.2) is 19.1 Å². The van der Waals surface area contributed by atoms with Gasteiger partial charge in [-0.1, -0.05) is 42.5 Å². The lowest BCUT2D eigenvalue weighted by molar-refractivity contribution is -0.120. The van der Waals surface area contributed by atoms with Crippen molar-refractivity contribution in [3.63, 3.8) is 0 Å². The Morgan fingerprint density at radius 1 is 1.21 bits per heavy atom. The van der Waals surface area contributed by atoms with Gasteiger partial charge in [0.05, 0.1) is 6.10 Å². The fraction of sp³-hybridized carbons (Fsp3) is 0.316. The van der Waals surface area contributed by atoms with Gasteiger partial charge in [0.2, 0.25) is 5.91 Å². The first kappa shape index (κ1) is 16.6. The van der Waals surface area contributed by atoms with Gasteiger partial charge >= 0.3 is 0 Å². The Hall–Kier alpha value is -2.24. The van der Waals surface area contributed by atoms with E-state index >= 15 is 0 Å². The largest absolute Gasteiger partial charge is 0.373 e. The fourth-order valence-electron chi connectivity index (χ4n) is 3.16. The SMILES string of the molecule is NC(=O)C(NC[C@H]1CCO[C@@H]1c1ccccc1)c1ccc(F)cc1. The maximum absolute atomic E-state index is 13.1. The molecule has 3 atom stereocenters. The first-order valence-electron chi connectivity index (χ1n) is 8.10. The van der Waals surface area contributed by atoms with Crippen molar-refractivity contribution < 1.29 is 13.9 Å². The number of benzene rings is 2. The number of hydrogen-bond donors (Lipinski definition) is 2. The van der Waals surface area contributed by atoms with Crippen molar-refractivity contribution in [3.05, 3.63) is 71.5 Å².